The molecular formula is C18H15N3O4. The highest BCUT2D eigenvalue weighted by atomic mass is 16.6. The van der Waals surface area contributed by atoms with E-state index in [4.69, 9.17) is 14.0 Å². The van der Waals surface area contributed by atoms with Gasteiger partial charge in [0.15, 0.2) is 6.61 Å². The molecule has 0 N–H and O–H groups in total. The number of methoxy groups -OCH3 is 1. The number of pyridine rings is 1. The van der Waals surface area contributed by atoms with Crippen LogP contribution in [0, 0.1) is 0 Å². The third-order valence-corrected chi connectivity index (χ3v) is 3.23. The molecule has 25 heavy (non-hydrogen) atoms. The van der Waals surface area contributed by atoms with Gasteiger partial charge in [-0.25, -0.2) is 4.79 Å². The maximum Gasteiger partial charge on any atom is 0.331 e. The highest BCUT2D eigenvalue weighted by Gasteiger charge is 2.10. The summed E-state index contributed by atoms with van der Waals surface area (Å²) in [5.41, 5.74) is 1.55. The summed E-state index contributed by atoms with van der Waals surface area (Å²) in [4.78, 5) is 19.9. The molecule has 7 nitrogen and oxygen atoms in total. The summed E-state index contributed by atoms with van der Waals surface area (Å²) in [6, 6.07) is 10.9. The van der Waals surface area contributed by atoms with E-state index in [1.165, 1.54) is 6.08 Å². The highest BCUT2D eigenvalue weighted by molar-refractivity contribution is 5.87. The van der Waals surface area contributed by atoms with E-state index in [2.05, 4.69) is 15.1 Å². The summed E-state index contributed by atoms with van der Waals surface area (Å²) in [6.07, 6.45) is 6.24. The van der Waals surface area contributed by atoms with Gasteiger partial charge in [0.05, 0.1) is 7.11 Å². The van der Waals surface area contributed by atoms with Gasteiger partial charge in [0.25, 0.3) is 5.89 Å². The number of benzene rings is 1. The number of ether oxygens (including phenoxy) is 2. The number of carbonyl (C=O) groups excluding carboxylic acids is 1. The van der Waals surface area contributed by atoms with Gasteiger partial charge in [0.1, 0.15) is 5.75 Å². The van der Waals surface area contributed by atoms with E-state index in [-0.39, 0.29) is 12.5 Å². The lowest BCUT2D eigenvalue weighted by Gasteiger charge is -2.00. The van der Waals surface area contributed by atoms with Crippen LogP contribution in [0.25, 0.3) is 17.5 Å². The quantitative estimate of drug-likeness (QED) is 0.505. The van der Waals surface area contributed by atoms with Gasteiger partial charge in [0.2, 0.25) is 5.82 Å². The SMILES string of the molecule is COc1cccc(/C=C\C(=O)OCc2nc(-c3cccnc3)no2)c1. The Bertz CT molecular complexity index is 875. The number of hydrogen-bond acceptors (Lipinski definition) is 7. The molecule has 0 atom stereocenters. The summed E-state index contributed by atoms with van der Waals surface area (Å²) in [6.45, 7) is -0.103. The first-order valence-electron chi connectivity index (χ1n) is 7.46. The lowest BCUT2D eigenvalue weighted by Crippen LogP contribution is -2.01. The van der Waals surface area contributed by atoms with E-state index in [1.807, 2.05) is 30.3 Å². The van der Waals surface area contributed by atoms with Crippen LogP contribution in [0.4, 0.5) is 0 Å². The molecule has 3 aromatic rings. The number of esters is 1. The van der Waals surface area contributed by atoms with E-state index >= 15 is 0 Å². The van der Waals surface area contributed by atoms with Crippen molar-refractivity contribution in [3.8, 4) is 17.1 Å². The fourth-order valence-corrected chi connectivity index (χ4v) is 2.02. The molecule has 126 valence electrons. The molecular weight excluding hydrogens is 322 g/mol. The number of carbonyl (C=O) groups is 1. The van der Waals surface area contributed by atoms with Crippen molar-refractivity contribution in [2.75, 3.05) is 7.11 Å². The number of nitrogens with zero attached hydrogens (tertiary/aromatic N) is 3. The summed E-state index contributed by atoms with van der Waals surface area (Å²) in [5, 5.41) is 3.83. The number of rotatable bonds is 6. The van der Waals surface area contributed by atoms with Crippen molar-refractivity contribution in [2.45, 2.75) is 6.61 Å². The molecule has 0 aliphatic carbocycles. The van der Waals surface area contributed by atoms with Crippen molar-refractivity contribution >= 4 is 12.0 Å². The first-order valence-corrected chi connectivity index (χ1v) is 7.46. The summed E-state index contributed by atoms with van der Waals surface area (Å²) in [5.74, 6) is 0.807. The summed E-state index contributed by atoms with van der Waals surface area (Å²) < 4.78 is 15.3. The van der Waals surface area contributed by atoms with E-state index in [9.17, 15) is 4.79 Å². The molecule has 1 aromatic carbocycles. The Kier molecular flexibility index (Phi) is 5.16. The second-order valence-electron chi connectivity index (χ2n) is 4.97. The van der Waals surface area contributed by atoms with Crippen molar-refractivity contribution in [2.24, 2.45) is 0 Å². The van der Waals surface area contributed by atoms with Crippen LogP contribution >= 0.6 is 0 Å². The molecule has 2 heterocycles. The second-order valence-corrected chi connectivity index (χ2v) is 4.97. The van der Waals surface area contributed by atoms with Crippen molar-refractivity contribution in [3.63, 3.8) is 0 Å². The fraction of sp³-hybridized carbons (Fsp3) is 0.111. The number of hydrogen-bond donors (Lipinski definition) is 0. The van der Waals surface area contributed by atoms with Crippen LogP contribution in [-0.4, -0.2) is 28.2 Å². The third-order valence-electron chi connectivity index (χ3n) is 3.23. The average Bonchev–Trinajstić information content (AvgIpc) is 3.15. The van der Waals surface area contributed by atoms with Crippen LogP contribution in [0.5, 0.6) is 5.75 Å². The standard InChI is InChI=1S/C18H15N3O4/c1-23-15-6-2-4-13(10-15)7-8-17(22)24-12-16-20-18(21-25-16)14-5-3-9-19-11-14/h2-11H,12H2,1H3/b8-7-. The van der Waals surface area contributed by atoms with Crippen molar-refractivity contribution in [1.82, 2.24) is 15.1 Å². The maximum atomic E-state index is 11.8. The van der Waals surface area contributed by atoms with Crippen LogP contribution in [0.3, 0.4) is 0 Å². The van der Waals surface area contributed by atoms with Crippen molar-refractivity contribution < 1.29 is 18.8 Å². The van der Waals surface area contributed by atoms with Crippen molar-refractivity contribution in [3.05, 3.63) is 66.3 Å². The first-order chi connectivity index (χ1) is 12.2. The molecule has 2 aromatic heterocycles. The minimum absolute atomic E-state index is 0.103. The van der Waals surface area contributed by atoms with Crippen LogP contribution in [0.1, 0.15) is 11.5 Å². The van der Waals surface area contributed by atoms with Gasteiger partial charge >= 0.3 is 5.97 Å². The molecule has 7 heteroatoms. The molecule has 0 fully saturated rings. The van der Waals surface area contributed by atoms with Crippen molar-refractivity contribution in [1.29, 1.82) is 0 Å². The van der Waals surface area contributed by atoms with Gasteiger partial charge in [-0.15, -0.1) is 0 Å². The predicted molar refractivity (Wildman–Crippen MR) is 89.4 cm³/mol. The summed E-state index contributed by atoms with van der Waals surface area (Å²) >= 11 is 0. The van der Waals surface area contributed by atoms with Gasteiger partial charge in [-0.3, -0.25) is 4.98 Å². The van der Waals surface area contributed by atoms with Gasteiger partial charge in [-0.05, 0) is 35.9 Å². The predicted octanol–water partition coefficient (Wildman–Crippen LogP) is 2.90. The minimum atomic E-state index is -0.510. The first kappa shape index (κ1) is 16.4. The van der Waals surface area contributed by atoms with E-state index in [0.29, 0.717) is 11.6 Å². The van der Waals surface area contributed by atoms with Gasteiger partial charge < -0.3 is 14.0 Å². The van der Waals surface area contributed by atoms with Gasteiger partial charge in [-0.1, -0.05) is 17.3 Å². The van der Waals surface area contributed by atoms with E-state index < -0.39 is 5.97 Å². The topological polar surface area (TPSA) is 87.3 Å². The third kappa shape index (κ3) is 4.51. The van der Waals surface area contributed by atoms with E-state index in [0.717, 1.165) is 11.1 Å². The molecule has 0 saturated heterocycles. The Morgan fingerprint density at radius 2 is 2.20 bits per heavy atom. The number of aromatic nitrogens is 3. The van der Waals surface area contributed by atoms with Crippen LogP contribution < -0.4 is 4.74 Å². The smallest absolute Gasteiger partial charge is 0.331 e. The molecule has 0 aliphatic rings. The Morgan fingerprint density at radius 3 is 3.00 bits per heavy atom. The van der Waals surface area contributed by atoms with E-state index in [1.54, 1.807) is 31.6 Å². The fourth-order valence-electron chi connectivity index (χ4n) is 2.02. The normalized spacial score (nSPS) is 10.8. The molecule has 0 aliphatic heterocycles. The zero-order valence-electron chi connectivity index (χ0n) is 13.5. The van der Waals surface area contributed by atoms with Gasteiger partial charge in [-0.2, -0.15) is 4.98 Å². The Labute approximate surface area is 143 Å². The minimum Gasteiger partial charge on any atom is -0.497 e. The maximum absolute atomic E-state index is 11.8. The zero-order valence-corrected chi connectivity index (χ0v) is 13.5. The van der Waals surface area contributed by atoms with Crippen LogP contribution in [0.15, 0.2) is 59.4 Å². The lowest BCUT2D eigenvalue weighted by atomic mass is 10.2. The molecule has 3 rings (SSSR count). The molecule has 0 spiro atoms. The molecule has 0 saturated carbocycles. The molecule has 0 radical (unpaired) electrons. The van der Waals surface area contributed by atoms with Gasteiger partial charge in [0, 0.05) is 24.0 Å². The van der Waals surface area contributed by atoms with Crippen LogP contribution in [-0.2, 0) is 16.1 Å². The monoisotopic (exact) mass is 337 g/mol. The molecule has 0 bridgehead atoms. The molecule has 0 amide bonds. The Hall–Kier alpha value is -3.48. The highest BCUT2D eigenvalue weighted by Crippen LogP contribution is 2.15. The largest absolute Gasteiger partial charge is 0.497 e. The molecule has 0 unspecified atom stereocenters. The Balaban J connectivity index is 1.55. The zero-order chi connectivity index (χ0) is 17.5. The van der Waals surface area contributed by atoms with Crippen LogP contribution in [0.2, 0.25) is 0 Å². The second kappa shape index (κ2) is 7.87. The lowest BCUT2D eigenvalue weighted by molar-refractivity contribution is -0.139. The Morgan fingerprint density at radius 1 is 1.28 bits per heavy atom. The average molecular weight is 337 g/mol. The summed E-state index contributed by atoms with van der Waals surface area (Å²) in [7, 11) is 1.58.